The van der Waals surface area contributed by atoms with E-state index in [4.69, 9.17) is 11.6 Å². The van der Waals surface area contributed by atoms with Gasteiger partial charge in [-0.25, -0.2) is 0 Å². The molecule has 0 unspecified atom stereocenters. The third-order valence-corrected chi connectivity index (χ3v) is 2.60. The van der Waals surface area contributed by atoms with Crippen molar-refractivity contribution in [2.75, 3.05) is 19.0 Å². The second-order valence-corrected chi connectivity index (χ2v) is 4.33. The summed E-state index contributed by atoms with van der Waals surface area (Å²) in [4.78, 5) is 2.40. The van der Waals surface area contributed by atoms with E-state index in [2.05, 4.69) is 43.0 Å². The van der Waals surface area contributed by atoms with Gasteiger partial charge in [0.2, 0.25) is 0 Å². The molecule has 2 heteroatoms. The van der Waals surface area contributed by atoms with Gasteiger partial charge in [-0.15, -0.1) is 11.6 Å². The van der Waals surface area contributed by atoms with Gasteiger partial charge < -0.3 is 0 Å². The molecule has 0 amide bonds. The summed E-state index contributed by atoms with van der Waals surface area (Å²) >= 11 is 5.79. The maximum atomic E-state index is 5.79. The molecule has 0 saturated heterocycles. The molecule has 15 heavy (non-hydrogen) atoms. The lowest BCUT2D eigenvalue weighted by atomic mass is 10.1. The van der Waals surface area contributed by atoms with E-state index in [0.29, 0.717) is 5.88 Å². The van der Waals surface area contributed by atoms with E-state index in [1.807, 2.05) is 0 Å². The highest BCUT2D eigenvalue weighted by molar-refractivity contribution is 6.18. The van der Waals surface area contributed by atoms with Gasteiger partial charge in [-0.3, -0.25) is 4.90 Å². The number of nitrogens with zero attached hydrogens (tertiary/aromatic N) is 1. The molecule has 0 heterocycles. The first kappa shape index (κ1) is 12.5. The maximum Gasteiger partial charge on any atom is 0.0351 e. The lowest BCUT2D eigenvalue weighted by molar-refractivity contribution is 0.282. The van der Waals surface area contributed by atoms with Crippen LogP contribution in [0.1, 0.15) is 24.5 Å². The number of halogens is 1. The van der Waals surface area contributed by atoms with Crippen LogP contribution in [0.4, 0.5) is 0 Å². The third kappa shape index (κ3) is 4.67. The van der Waals surface area contributed by atoms with Crippen LogP contribution in [-0.4, -0.2) is 23.9 Å². The molecule has 0 aromatic heterocycles. The molecule has 0 bridgehead atoms. The van der Waals surface area contributed by atoms with Crippen LogP contribution in [0.5, 0.6) is 0 Å². The molecule has 0 N–H and O–H groups in total. The van der Waals surface area contributed by atoms with Crippen LogP contribution >= 0.6 is 11.6 Å². The first-order valence-electron chi connectivity index (χ1n) is 5.60. The average molecular weight is 226 g/mol. The van der Waals surface area contributed by atoms with Crippen molar-refractivity contribution in [3.05, 3.63) is 35.4 Å². The zero-order chi connectivity index (χ0) is 11.1. The Bertz CT molecular complexity index is 280. The molecule has 0 spiro atoms. The molecule has 1 rings (SSSR count). The van der Waals surface area contributed by atoms with Gasteiger partial charge in [-0.05, 0) is 25.5 Å². The van der Waals surface area contributed by atoms with Crippen molar-refractivity contribution in [2.24, 2.45) is 0 Å². The van der Waals surface area contributed by atoms with Crippen LogP contribution in [-0.2, 0) is 6.54 Å². The van der Waals surface area contributed by atoms with Crippen molar-refractivity contribution in [1.29, 1.82) is 0 Å². The smallest absolute Gasteiger partial charge is 0.0351 e. The Morgan fingerprint density at radius 1 is 1.27 bits per heavy atom. The highest BCUT2D eigenvalue weighted by atomic mass is 35.5. The summed E-state index contributed by atoms with van der Waals surface area (Å²) in [5.74, 6) is 0.714. The fourth-order valence-corrected chi connectivity index (χ4v) is 2.01. The second kappa shape index (κ2) is 6.86. The van der Waals surface area contributed by atoms with Crippen LogP contribution in [0, 0.1) is 6.92 Å². The maximum absolute atomic E-state index is 5.79. The van der Waals surface area contributed by atoms with Gasteiger partial charge in [-0.1, -0.05) is 36.8 Å². The Kier molecular flexibility index (Phi) is 5.74. The van der Waals surface area contributed by atoms with E-state index in [0.717, 1.165) is 19.6 Å². The molecule has 0 aliphatic carbocycles. The number of benzene rings is 1. The van der Waals surface area contributed by atoms with E-state index in [-0.39, 0.29) is 0 Å². The normalized spacial score (nSPS) is 10.9. The van der Waals surface area contributed by atoms with Crippen molar-refractivity contribution in [2.45, 2.75) is 26.8 Å². The summed E-state index contributed by atoms with van der Waals surface area (Å²) in [5, 5.41) is 0. The first-order valence-corrected chi connectivity index (χ1v) is 6.13. The molecule has 1 nitrogen and oxygen atoms in total. The van der Waals surface area contributed by atoms with E-state index in [9.17, 15) is 0 Å². The van der Waals surface area contributed by atoms with Crippen LogP contribution < -0.4 is 0 Å². The van der Waals surface area contributed by atoms with Crippen LogP contribution in [0.25, 0.3) is 0 Å². The van der Waals surface area contributed by atoms with E-state index < -0.39 is 0 Å². The summed E-state index contributed by atoms with van der Waals surface area (Å²) in [5.41, 5.74) is 2.71. The number of aryl methyl sites for hydroxylation is 1. The predicted molar refractivity (Wildman–Crippen MR) is 67.5 cm³/mol. The Morgan fingerprint density at radius 3 is 2.67 bits per heavy atom. The molecule has 0 saturated carbocycles. The largest absolute Gasteiger partial charge is 0.298 e. The molecular formula is C13H20ClN. The minimum Gasteiger partial charge on any atom is -0.298 e. The van der Waals surface area contributed by atoms with Crippen molar-refractivity contribution >= 4 is 11.6 Å². The Labute approximate surface area is 98.0 Å². The molecule has 1 aromatic carbocycles. The van der Waals surface area contributed by atoms with Crippen molar-refractivity contribution < 1.29 is 0 Å². The van der Waals surface area contributed by atoms with Crippen molar-refractivity contribution in [1.82, 2.24) is 4.90 Å². The van der Waals surface area contributed by atoms with Gasteiger partial charge in [0, 0.05) is 19.0 Å². The molecule has 0 aliphatic heterocycles. The molecule has 0 radical (unpaired) electrons. The van der Waals surface area contributed by atoms with E-state index in [1.165, 1.54) is 17.5 Å². The Morgan fingerprint density at radius 2 is 2.07 bits per heavy atom. The average Bonchev–Trinajstić information content (AvgIpc) is 2.18. The first-order chi connectivity index (χ1) is 7.26. The summed E-state index contributed by atoms with van der Waals surface area (Å²) in [6, 6.07) is 8.69. The van der Waals surface area contributed by atoms with Crippen molar-refractivity contribution in [3.63, 3.8) is 0 Å². The van der Waals surface area contributed by atoms with Crippen LogP contribution in [0.15, 0.2) is 24.3 Å². The van der Waals surface area contributed by atoms with Gasteiger partial charge in [0.05, 0.1) is 0 Å². The highest BCUT2D eigenvalue weighted by Crippen LogP contribution is 2.08. The minimum absolute atomic E-state index is 0.714. The van der Waals surface area contributed by atoms with Gasteiger partial charge in [0.15, 0.2) is 0 Å². The minimum atomic E-state index is 0.714. The standard InChI is InChI=1S/C13H20ClN/c1-3-8-15(9-7-14)11-13-6-4-5-12(2)10-13/h4-6,10H,3,7-9,11H2,1-2H3. The summed E-state index contributed by atoms with van der Waals surface area (Å²) in [7, 11) is 0. The summed E-state index contributed by atoms with van der Waals surface area (Å²) in [6.07, 6.45) is 1.18. The lowest BCUT2D eigenvalue weighted by Crippen LogP contribution is -2.26. The van der Waals surface area contributed by atoms with Gasteiger partial charge in [-0.2, -0.15) is 0 Å². The number of hydrogen-bond acceptors (Lipinski definition) is 1. The van der Waals surface area contributed by atoms with Crippen molar-refractivity contribution in [3.8, 4) is 0 Å². The number of hydrogen-bond donors (Lipinski definition) is 0. The predicted octanol–water partition coefficient (Wildman–Crippen LogP) is 3.45. The zero-order valence-electron chi connectivity index (χ0n) is 9.67. The fourth-order valence-electron chi connectivity index (χ4n) is 1.77. The second-order valence-electron chi connectivity index (χ2n) is 3.95. The fraction of sp³-hybridized carbons (Fsp3) is 0.538. The van der Waals surface area contributed by atoms with E-state index in [1.54, 1.807) is 0 Å². The van der Waals surface area contributed by atoms with E-state index >= 15 is 0 Å². The van der Waals surface area contributed by atoms with Gasteiger partial charge in [0.25, 0.3) is 0 Å². The molecule has 0 atom stereocenters. The summed E-state index contributed by atoms with van der Waals surface area (Å²) in [6.45, 7) is 7.46. The Hall–Kier alpha value is -0.530. The SMILES string of the molecule is CCCN(CCCl)Cc1cccc(C)c1. The van der Waals surface area contributed by atoms with Gasteiger partial charge >= 0.3 is 0 Å². The molecule has 0 aliphatic rings. The Balaban J connectivity index is 2.56. The highest BCUT2D eigenvalue weighted by Gasteiger charge is 2.03. The van der Waals surface area contributed by atoms with Crippen LogP contribution in [0.3, 0.4) is 0 Å². The molecule has 84 valence electrons. The van der Waals surface area contributed by atoms with Gasteiger partial charge in [0.1, 0.15) is 0 Å². The monoisotopic (exact) mass is 225 g/mol. The topological polar surface area (TPSA) is 3.24 Å². The zero-order valence-corrected chi connectivity index (χ0v) is 10.4. The molecule has 1 aromatic rings. The number of rotatable bonds is 6. The third-order valence-electron chi connectivity index (χ3n) is 2.43. The quantitative estimate of drug-likeness (QED) is 0.671. The molecule has 0 fully saturated rings. The summed E-state index contributed by atoms with van der Waals surface area (Å²) < 4.78 is 0. The number of alkyl halides is 1. The van der Waals surface area contributed by atoms with Crippen LogP contribution in [0.2, 0.25) is 0 Å². The molecular weight excluding hydrogens is 206 g/mol. The lowest BCUT2D eigenvalue weighted by Gasteiger charge is -2.20.